The fourth-order valence-corrected chi connectivity index (χ4v) is 2.18. The van der Waals surface area contributed by atoms with E-state index in [0.29, 0.717) is 22.2 Å². The normalized spacial score (nSPS) is 10.2. The number of anilines is 1. The molecule has 2 aromatic rings. The number of methoxy groups -OCH3 is 1. The van der Waals surface area contributed by atoms with E-state index in [-0.39, 0.29) is 5.97 Å². The second-order valence-corrected chi connectivity index (χ2v) is 5.00. The Morgan fingerprint density at radius 2 is 1.85 bits per heavy atom. The van der Waals surface area contributed by atoms with Crippen LogP contribution in [-0.4, -0.2) is 13.1 Å². The zero-order valence-electron chi connectivity index (χ0n) is 10.8. The molecule has 0 radical (unpaired) electrons. The summed E-state index contributed by atoms with van der Waals surface area (Å²) in [6.07, 6.45) is 0. The molecule has 0 saturated heterocycles. The Kier molecular flexibility index (Phi) is 4.88. The van der Waals surface area contributed by atoms with Crippen molar-refractivity contribution in [2.24, 2.45) is 0 Å². The second kappa shape index (κ2) is 6.64. The van der Waals surface area contributed by atoms with Gasteiger partial charge in [-0.1, -0.05) is 29.3 Å². The molecule has 0 aliphatic carbocycles. The Morgan fingerprint density at radius 3 is 2.45 bits per heavy atom. The average molecular weight is 310 g/mol. The quantitative estimate of drug-likeness (QED) is 0.851. The van der Waals surface area contributed by atoms with Crippen LogP contribution in [0, 0.1) is 0 Å². The number of halogens is 2. The summed E-state index contributed by atoms with van der Waals surface area (Å²) >= 11 is 11.9. The van der Waals surface area contributed by atoms with E-state index < -0.39 is 0 Å². The summed E-state index contributed by atoms with van der Waals surface area (Å²) in [6, 6.07) is 12.4. The van der Waals surface area contributed by atoms with Gasteiger partial charge in [-0.2, -0.15) is 0 Å². The van der Waals surface area contributed by atoms with Gasteiger partial charge in [-0.25, -0.2) is 4.79 Å². The smallest absolute Gasteiger partial charge is 0.337 e. The van der Waals surface area contributed by atoms with Crippen LogP contribution in [0.3, 0.4) is 0 Å². The average Bonchev–Trinajstić information content (AvgIpc) is 2.46. The summed E-state index contributed by atoms with van der Waals surface area (Å²) in [7, 11) is 1.36. The minimum Gasteiger partial charge on any atom is -0.465 e. The van der Waals surface area contributed by atoms with E-state index in [1.165, 1.54) is 7.11 Å². The Hall–Kier alpha value is -1.71. The van der Waals surface area contributed by atoms with Crippen LogP contribution in [0.1, 0.15) is 15.9 Å². The van der Waals surface area contributed by atoms with Crippen LogP contribution in [0.25, 0.3) is 0 Å². The van der Waals surface area contributed by atoms with E-state index in [1.54, 1.807) is 24.3 Å². The van der Waals surface area contributed by atoms with E-state index in [2.05, 4.69) is 10.1 Å². The molecule has 2 aromatic carbocycles. The summed E-state index contributed by atoms with van der Waals surface area (Å²) in [6.45, 7) is 0.577. The number of ether oxygens (including phenoxy) is 1. The van der Waals surface area contributed by atoms with Crippen molar-refractivity contribution in [2.45, 2.75) is 6.54 Å². The van der Waals surface area contributed by atoms with Gasteiger partial charge in [0.05, 0.1) is 12.7 Å². The van der Waals surface area contributed by atoms with Crippen LogP contribution >= 0.6 is 23.2 Å². The van der Waals surface area contributed by atoms with Gasteiger partial charge in [0.2, 0.25) is 0 Å². The molecule has 0 aromatic heterocycles. The van der Waals surface area contributed by atoms with Gasteiger partial charge < -0.3 is 10.1 Å². The monoisotopic (exact) mass is 309 g/mol. The lowest BCUT2D eigenvalue weighted by Gasteiger charge is -2.09. The molecule has 0 aliphatic heterocycles. The van der Waals surface area contributed by atoms with Gasteiger partial charge in [0, 0.05) is 22.3 Å². The zero-order chi connectivity index (χ0) is 14.5. The maximum Gasteiger partial charge on any atom is 0.337 e. The predicted octanol–water partition coefficient (Wildman–Crippen LogP) is 4.39. The third kappa shape index (κ3) is 3.65. The Morgan fingerprint density at radius 1 is 1.15 bits per heavy atom. The van der Waals surface area contributed by atoms with Gasteiger partial charge in [-0.3, -0.25) is 0 Å². The maximum atomic E-state index is 11.3. The van der Waals surface area contributed by atoms with Crippen molar-refractivity contribution < 1.29 is 9.53 Å². The lowest BCUT2D eigenvalue weighted by Crippen LogP contribution is -2.03. The first-order chi connectivity index (χ1) is 9.60. The highest BCUT2D eigenvalue weighted by Crippen LogP contribution is 2.22. The molecule has 5 heteroatoms. The van der Waals surface area contributed by atoms with Crippen LogP contribution in [0.15, 0.2) is 42.5 Å². The molecule has 1 N–H and O–H groups in total. The largest absolute Gasteiger partial charge is 0.465 e. The summed E-state index contributed by atoms with van der Waals surface area (Å²) < 4.78 is 4.64. The van der Waals surface area contributed by atoms with Gasteiger partial charge in [0.1, 0.15) is 0 Å². The van der Waals surface area contributed by atoms with Crippen LogP contribution in [0.2, 0.25) is 10.0 Å². The Labute approximate surface area is 127 Å². The minimum absolute atomic E-state index is 0.350. The molecule has 0 heterocycles. The molecule has 0 saturated carbocycles. The van der Waals surface area contributed by atoms with E-state index in [4.69, 9.17) is 23.2 Å². The lowest BCUT2D eigenvalue weighted by atomic mass is 10.2. The van der Waals surface area contributed by atoms with Gasteiger partial charge in [0.25, 0.3) is 0 Å². The fourth-order valence-electron chi connectivity index (χ4n) is 1.70. The molecule has 0 spiro atoms. The molecule has 0 bridgehead atoms. The summed E-state index contributed by atoms with van der Waals surface area (Å²) in [5, 5.41) is 4.46. The number of carbonyl (C=O) groups excluding carboxylic acids is 1. The van der Waals surface area contributed by atoms with Gasteiger partial charge in [-0.15, -0.1) is 0 Å². The number of esters is 1. The molecular weight excluding hydrogens is 297 g/mol. The first-order valence-electron chi connectivity index (χ1n) is 5.96. The molecule has 20 heavy (non-hydrogen) atoms. The van der Waals surface area contributed by atoms with Crippen molar-refractivity contribution in [1.82, 2.24) is 0 Å². The van der Waals surface area contributed by atoms with Crippen molar-refractivity contribution >= 4 is 34.9 Å². The topological polar surface area (TPSA) is 38.3 Å². The molecule has 0 unspecified atom stereocenters. The molecule has 3 nitrogen and oxygen atoms in total. The summed E-state index contributed by atoms with van der Waals surface area (Å²) in [5.41, 5.74) is 2.36. The Bertz CT molecular complexity index is 612. The highest BCUT2D eigenvalue weighted by molar-refractivity contribution is 6.35. The first kappa shape index (κ1) is 14.7. The SMILES string of the molecule is COC(=O)c1ccc(NCc2ccc(Cl)cc2Cl)cc1. The van der Waals surface area contributed by atoms with E-state index in [9.17, 15) is 4.79 Å². The molecule has 2 rings (SSSR count). The maximum absolute atomic E-state index is 11.3. The predicted molar refractivity (Wildman–Crippen MR) is 81.6 cm³/mol. The summed E-state index contributed by atoms with van der Waals surface area (Å²) in [4.78, 5) is 11.3. The van der Waals surface area contributed by atoms with Crippen LogP contribution in [0.5, 0.6) is 0 Å². The van der Waals surface area contributed by atoms with Crippen molar-refractivity contribution in [3.05, 3.63) is 63.6 Å². The number of carbonyl (C=O) groups is 1. The molecule has 0 atom stereocenters. The Balaban J connectivity index is 2.02. The number of hydrogen-bond donors (Lipinski definition) is 1. The minimum atomic E-state index is -0.350. The molecule has 104 valence electrons. The molecular formula is C15H13Cl2NO2. The highest BCUT2D eigenvalue weighted by Gasteiger charge is 2.05. The van der Waals surface area contributed by atoms with E-state index in [1.807, 2.05) is 18.2 Å². The lowest BCUT2D eigenvalue weighted by molar-refractivity contribution is 0.0601. The van der Waals surface area contributed by atoms with Crippen molar-refractivity contribution in [3.63, 3.8) is 0 Å². The number of hydrogen-bond acceptors (Lipinski definition) is 3. The van der Waals surface area contributed by atoms with Gasteiger partial charge in [-0.05, 0) is 42.0 Å². The van der Waals surface area contributed by atoms with Crippen LogP contribution < -0.4 is 5.32 Å². The first-order valence-corrected chi connectivity index (χ1v) is 6.72. The zero-order valence-corrected chi connectivity index (χ0v) is 12.3. The fraction of sp³-hybridized carbons (Fsp3) is 0.133. The van der Waals surface area contributed by atoms with Crippen LogP contribution in [-0.2, 0) is 11.3 Å². The van der Waals surface area contributed by atoms with Crippen molar-refractivity contribution in [1.29, 1.82) is 0 Å². The highest BCUT2D eigenvalue weighted by atomic mass is 35.5. The summed E-state index contributed by atoms with van der Waals surface area (Å²) in [5.74, 6) is -0.350. The standard InChI is InChI=1S/C15H13Cl2NO2/c1-20-15(19)10-3-6-13(7-4-10)18-9-11-2-5-12(16)8-14(11)17/h2-8,18H,9H2,1H3. The van der Waals surface area contributed by atoms with E-state index in [0.717, 1.165) is 11.3 Å². The number of benzene rings is 2. The van der Waals surface area contributed by atoms with Crippen LogP contribution in [0.4, 0.5) is 5.69 Å². The third-order valence-corrected chi connectivity index (χ3v) is 3.39. The number of rotatable bonds is 4. The van der Waals surface area contributed by atoms with Gasteiger partial charge in [0.15, 0.2) is 0 Å². The van der Waals surface area contributed by atoms with Gasteiger partial charge >= 0.3 is 5.97 Å². The molecule has 0 amide bonds. The molecule has 0 aliphatic rings. The molecule has 0 fully saturated rings. The number of nitrogens with one attached hydrogen (secondary N) is 1. The second-order valence-electron chi connectivity index (χ2n) is 4.16. The third-order valence-electron chi connectivity index (χ3n) is 2.80. The van der Waals surface area contributed by atoms with Crippen molar-refractivity contribution in [3.8, 4) is 0 Å². The van der Waals surface area contributed by atoms with E-state index >= 15 is 0 Å². The van der Waals surface area contributed by atoms with Crippen molar-refractivity contribution in [2.75, 3.05) is 12.4 Å².